The van der Waals surface area contributed by atoms with Crippen LogP contribution in [0.4, 0.5) is 10.5 Å². The molecular weight excluding hydrogens is 496 g/mol. The van der Waals surface area contributed by atoms with Crippen LogP contribution in [0.25, 0.3) is 0 Å². The van der Waals surface area contributed by atoms with Gasteiger partial charge < -0.3 is 30.3 Å². The number of hydrogen-bond donors (Lipinski definition) is 3. The quantitative estimate of drug-likeness (QED) is 0.473. The molecule has 0 radical (unpaired) electrons. The summed E-state index contributed by atoms with van der Waals surface area (Å²) in [7, 11) is 1.77. The lowest BCUT2D eigenvalue weighted by atomic mass is 9.88. The SMILES string of the molecule is C[C@@H]1CN([C@H](C)CO)C(=O)c2cc(NC(=O)C3CCCCC3)ccc2O[C@H]1CN(C)C(=O)NC1CCCCC1. The molecule has 9 nitrogen and oxygen atoms in total. The zero-order chi connectivity index (χ0) is 27.9. The molecule has 0 spiro atoms. The zero-order valence-corrected chi connectivity index (χ0v) is 23.8. The highest BCUT2D eigenvalue weighted by Crippen LogP contribution is 2.32. The lowest BCUT2D eigenvalue weighted by Gasteiger charge is -2.38. The third-order valence-electron chi connectivity index (χ3n) is 8.64. The zero-order valence-electron chi connectivity index (χ0n) is 23.8. The van der Waals surface area contributed by atoms with Crippen LogP contribution >= 0.6 is 0 Å². The Kier molecular flexibility index (Phi) is 10.1. The largest absolute Gasteiger partial charge is 0.487 e. The van der Waals surface area contributed by atoms with Gasteiger partial charge in [0.1, 0.15) is 11.9 Å². The Balaban J connectivity index is 1.53. The van der Waals surface area contributed by atoms with Gasteiger partial charge in [-0.05, 0) is 50.8 Å². The van der Waals surface area contributed by atoms with Crippen molar-refractivity contribution in [3.63, 3.8) is 0 Å². The number of ether oxygens (including phenoxy) is 1. The van der Waals surface area contributed by atoms with Crippen molar-refractivity contribution in [1.29, 1.82) is 0 Å². The van der Waals surface area contributed by atoms with Crippen LogP contribution in [0.1, 0.15) is 88.4 Å². The second kappa shape index (κ2) is 13.5. The van der Waals surface area contributed by atoms with Gasteiger partial charge in [-0.2, -0.15) is 0 Å². The van der Waals surface area contributed by atoms with E-state index in [2.05, 4.69) is 10.6 Å². The van der Waals surface area contributed by atoms with Crippen molar-refractivity contribution in [3.8, 4) is 5.75 Å². The summed E-state index contributed by atoms with van der Waals surface area (Å²) in [5.41, 5.74) is 0.912. The van der Waals surface area contributed by atoms with E-state index in [1.807, 2.05) is 13.8 Å². The van der Waals surface area contributed by atoms with Gasteiger partial charge >= 0.3 is 6.03 Å². The smallest absolute Gasteiger partial charge is 0.317 e. The highest BCUT2D eigenvalue weighted by atomic mass is 16.5. The van der Waals surface area contributed by atoms with Crippen LogP contribution in [0.3, 0.4) is 0 Å². The van der Waals surface area contributed by atoms with Crippen molar-refractivity contribution < 1.29 is 24.2 Å². The van der Waals surface area contributed by atoms with Gasteiger partial charge in [-0.25, -0.2) is 4.79 Å². The van der Waals surface area contributed by atoms with E-state index in [0.717, 1.165) is 51.4 Å². The number of nitrogens with zero attached hydrogens (tertiary/aromatic N) is 2. The molecule has 9 heteroatoms. The molecule has 3 N–H and O–H groups in total. The van der Waals surface area contributed by atoms with Gasteiger partial charge in [0.2, 0.25) is 5.91 Å². The summed E-state index contributed by atoms with van der Waals surface area (Å²) in [5, 5.41) is 16.1. The number of amides is 4. The lowest BCUT2D eigenvalue weighted by molar-refractivity contribution is -0.120. The molecule has 1 aromatic rings. The van der Waals surface area contributed by atoms with E-state index >= 15 is 0 Å². The number of anilines is 1. The number of fused-ring (bicyclic) bond motifs is 1. The summed E-state index contributed by atoms with van der Waals surface area (Å²) in [4.78, 5) is 42.8. The molecule has 216 valence electrons. The number of likely N-dealkylation sites (N-methyl/N-ethyl adjacent to an activating group) is 1. The van der Waals surface area contributed by atoms with Crippen molar-refractivity contribution >= 4 is 23.5 Å². The minimum Gasteiger partial charge on any atom is -0.487 e. The highest BCUT2D eigenvalue weighted by molar-refractivity contribution is 6.00. The number of carbonyl (C=O) groups is 3. The van der Waals surface area contributed by atoms with E-state index in [1.54, 1.807) is 35.0 Å². The summed E-state index contributed by atoms with van der Waals surface area (Å²) in [6.45, 7) is 4.39. The second-order valence-corrected chi connectivity index (χ2v) is 11.8. The van der Waals surface area contributed by atoms with Crippen LogP contribution in [-0.2, 0) is 4.79 Å². The van der Waals surface area contributed by atoms with Crippen LogP contribution in [0.5, 0.6) is 5.75 Å². The molecule has 4 amide bonds. The van der Waals surface area contributed by atoms with E-state index in [9.17, 15) is 19.5 Å². The first-order valence-corrected chi connectivity index (χ1v) is 14.8. The Morgan fingerprint density at radius 3 is 2.44 bits per heavy atom. The molecule has 3 aliphatic rings. The van der Waals surface area contributed by atoms with Crippen LogP contribution in [0.2, 0.25) is 0 Å². The molecule has 1 aliphatic heterocycles. The molecular formula is C30H46N4O5. The molecule has 0 aromatic heterocycles. The lowest BCUT2D eigenvalue weighted by Crippen LogP contribution is -2.52. The van der Waals surface area contributed by atoms with Crippen LogP contribution < -0.4 is 15.4 Å². The summed E-state index contributed by atoms with van der Waals surface area (Å²) in [5.74, 6) is 0.0786. The maximum Gasteiger partial charge on any atom is 0.317 e. The number of aliphatic hydroxyl groups is 1. The minimum atomic E-state index is -0.389. The van der Waals surface area contributed by atoms with Gasteiger partial charge in [0.15, 0.2) is 0 Å². The van der Waals surface area contributed by atoms with E-state index in [4.69, 9.17) is 4.74 Å². The number of aliphatic hydroxyl groups excluding tert-OH is 1. The van der Waals surface area contributed by atoms with Gasteiger partial charge in [0.05, 0.1) is 24.8 Å². The van der Waals surface area contributed by atoms with Gasteiger partial charge in [0, 0.05) is 37.2 Å². The van der Waals surface area contributed by atoms with Crippen LogP contribution in [0, 0.1) is 11.8 Å². The summed E-state index contributed by atoms with van der Waals surface area (Å²) >= 11 is 0. The van der Waals surface area contributed by atoms with Crippen molar-refractivity contribution in [2.24, 2.45) is 11.8 Å². The molecule has 0 saturated heterocycles. The van der Waals surface area contributed by atoms with Gasteiger partial charge in [-0.1, -0.05) is 45.4 Å². The standard InChI is InChI=1S/C30H46N4O5/c1-20-17-34(21(2)19-35)29(37)25-16-24(31-28(36)22-10-6-4-7-11-22)14-15-26(25)39-27(20)18-33(3)30(38)32-23-12-8-5-9-13-23/h14-16,20-23,27,35H,4-13,17-19H2,1-3H3,(H,31,36)(H,32,38)/t20-,21-,27+/m1/s1. The predicted octanol–water partition coefficient (Wildman–Crippen LogP) is 4.40. The van der Waals surface area contributed by atoms with Crippen LogP contribution in [0.15, 0.2) is 18.2 Å². The molecule has 1 aromatic carbocycles. The molecule has 0 unspecified atom stereocenters. The number of urea groups is 1. The number of hydrogen-bond acceptors (Lipinski definition) is 5. The van der Waals surface area contributed by atoms with E-state index in [-0.39, 0.29) is 54.5 Å². The fourth-order valence-corrected chi connectivity index (χ4v) is 6.01. The average Bonchev–Trinajstić information content (AvgIpc) is 2.95. The summed E-state index contributed by atoms with van der Waals surface area (Å²) in [6, 6.07) is 4.90. The summed E-state index contributed by atoms with van der Waals surface area (Å²) < 4.78 is 6.42. The Morgan fingerprint density at radius 1 is 1.10 bits per heavy atom. The van der Waals surface area contributed by atoms with Crippen molar-refractivity contribution in [3.05, 3.63) is 23.8 Å². The third-order valence-corrected chi connectivity index (χ3v) is 8.64. The molecule has 2 aliphatic carbocycles. The normalized spacial score (nSPS) is 23.6. The Hall–Kier alpha value is -2.81. The maximum atomic E-state index is 13.7. The van der Waals surface area contributed by atoms with E-state index in [1.165, 1.54) is 12.8 Å². The molecule has 1 heterocycles. The van der Waals surface area contributed by atoms with Gasteiger partial charge in [-0.3, -0.25) is 9.59 Å². The first-order chi connectivity index (χ1) is 18.8. The number of rotatable bonds is 7. The van der Waals surface area contributed by atoms with Gasteiger partial charge in [0.25, 0.3) is 5.91 Å². The maximum absolute atomic E-state index is 13.7. The first-order valence-electron chi connectivity index (χ1n) is 14.8. The van der Waals surface area contributed by atoms with Crippen molar-refractivity contribution in [2.45, 2.75) is 96.2 Å². The van der Waals surface area contributed by atoms with Crippen LogP contribution in [-0.4, -0.2) is 77.7 Å². The van der Waals surface area contributed by atoms with Gasteiger partial charge in [-0.15, -0.1) is 0 Å². The Bertz CT molecular complexity index is 1010. The molecule has 39 heavy (non-hydrogen) atoms. The third kappa shape index (κ3) is 7.44. The fraction of sp³-hybridized carbons (Fsp3) is 0.700. The predicted molar refractivity (Wildman–Crippen MR) is 151 cm³/mol. The van der Waals surface area contributed by atoms with E-state index in [0.29, 0.717) is 30.1 Å². The van der Waals surface area contributed by atoms with Crippen molar-refractivity contribution in [2.75, 3.05) is 32.1 Å². The Labute approximate surface area is 232 Å². The van der Waals surface area contributed by atoms with Crippen molar-refractivity contribution in [1.82, 2.24) is 15.1 Å². The number of benzene rings is 1. The molecule has 3 atom stereocenters. The molecule has 4 rings (SSSR count). The second-order valence-electron chi connectivity index (χ2n) is 11.8. The average molecular weight is 543 g/mol. The monoisotopic (exact) mass is 542 g/mol. The molecule has 0 bridgehead atoms. The first kappa shape index (κ1) is 29.2. The summed E-state index contributed by atoms with van der Waals surface area (Å²) in [6.07, 6.45) is 10.3. The Morgan fingerprint density at radius 2 is 1.77 bits per heavy atom. The van der Waals surface area contributed by atoms with E-state index < -0.39 is 0 Å². The highest BCUT2D eigenvalue weighted by Gasteiger charge is 2.34. The number of carbonyl (C=O) groups excluding carboxylic acids is 3. The molecule has 2 fully saturated rings. The fourth-order valence-electron chi connectivity index (χ4n) is 6.01. The minimum absolute atomic E-state index is 0.000792. The topological polar surface area (TPSA) is 111 Å². The molecule has 2 saturated carbocycles. The number of nitrogens with one attached hydrogen (secondary N) is 2.